The molecule has 1 aromatic rings. The van der Waals surface area contributed by atoms with Crippen LogP contribution in [0.4, 0.5) is 0 Å². The molecule has 0 N–H and O–H groups in total. The van der Waals surface area contributed by atoms with E-state index in [2.05, 4.69) is 33.8 Å². The Bertz CT molecular complexity index is 865. The van der Waals surface area contributed by atoms with Crippen molar-refractivity contribution in [3.63, 3.8) is 0 Å². The summed E-state index contributed by atoms with van der Waals surface area (Å²) in [6, 6.07) is 1.89. The molecule has 5 heteroatoms. The van der Waals surface area contributed by atoms with Gasteiger partial charge < -0.3 is 14.2 Å². The molecule has 1 aromatic carbocycles. The van der Waals surface area contributed by atoms with Crippen LogP contribution in [-0.4, -0.2) is 17.5 Å². The number of benzene rings is 1. The van der Waals surface area contributed by atoms with Gasteiger partial charge in [-0.2, -0.15) is 0 Å². The van der Waals surface area contributed by atoms with Crippen molar-refractivity contribution in [3.8, 4) is 17.2 Å². The highest BCUT2D eigenvalue weighted by molar-refractivity contribution is 5.75. The third kappa shape index (κ3) is 4.55. The van der Waals surface area contributed by atoms with E-state index in [9.17, 15) is 9.59 Å². The number of aryl methyl sites for hydroxylation is 1. The molecule has 5 nitrogen and oxygen atoms in total. The van der Waals surface area contributed by atoms with Gasteiger partial charge in [-0.25, -0.2) is 0 Å². The van der Waals surface area contributed by atoms with Crippen LogP contribution in [0, 0.1) is 5.92 Å². The summed E-state index contributed by atoms with van der Waals surface area (Å²) in [4.78, 5) is 23.9. The van der Waals surface area contributed by atoms with Crippen molar-refractivity contribution in [2.75, 3.05) is 0 Å². The lowest BCUT2D eigenvalue weighted by Gasteiger charge is -2.47. The maximum atomic E-state index is 12.0. The summed E-state index contributed by atoms with van der Waals surface area (Å²) in [6.07, 6.45) is 7.89. The molecule has 1 heterocycles. The van der Waals surface area contributed by atoms with Crippen molar-refractivity contribution < 1.29 is 23.8 Å². The largest absolute Gasteiger partial charge is 0.483 e. The predicted molar refractivity (Wildman–Crippen MR) is 116 cm³/mol. The Morgan fingerprint density at radius 2 is 1.87 bits per heavy atom. The summed E-state index contributed by atoms with van der Waals surface area (Å²) in [6.45, 7) is 11.3. The van der Waals surface area contributed by atoms with Crippen LogP contribution in [0.1, 0.15) is 90.7 Å². The Balaban J connectivity index is 2.22. The van der Waals surface area contributed by atoms with Crippen molar-refractivity contribution in [1.29, 1.82) is 0 Å². The molecule has 30 heavy (non-hydrogen) atoms. The molecule has 0 unspecified atom stereocenters. The number of carbonyl (C=O) groups excluding carboxylic acids is 2. The molecule has 2 atom stereocenters. The van der Waals surface area contributed by atoms with Crippen LogP contribution in [0.3, 0.4) is 0 Å². The summed E-state index contributed by atoms with van der Waals surface area (Å²) < 4.78 is 17.9. The van der Waals surface area contributed by atoms with Crippen LogP contribution < -0.4 is 14.2 Å². The average molecular weight is 415 g/mol. The number of ether oxygens (including phenoxy) is 3. The lowest BCUT2D eigenvalue weighted by atomic mass is 9.67. The van der Waals surface area contributed by atoms with Crippen molar-refractivity contribution in [1.82, 2.24) is 0 Å². The fourth-order valence-corrected chi connectivity index (χ4v) is 4.86. The number of hydrogen-bond donors (Lipinski definition) is 0. The maximum absolute atomic E-state index is 12.0. The summed E-state index contributed by atoms with van der Waals surface area (Å²) in [5, 5.41) is 0. The number of hydrogen-bond acceptors (Lipinski definition) is 5. The van der Waals surface area contributed by atoms with E-state index in [0.29, 0.717) is 17.2 Å². The van der Waals surface area contributed by atoms with Crippen molar-refractivity contribution in [2.45, 2.75) is 91.6 Å². The zero-order valence-electron chi connectivity index (χ0n) is 19.1. The second kappa shape index (κ2) is 8.83. The Morgan fingerprint density at radius 1 is 1.17 bits per heavy atom. The van der Waals surface area contributed by atoms with Gasteiger partial charge in [-0.15, -0.1) is 0 Å². The van der Waals surface area contributed by atoms with Gasteiger partial charge in [0, 0.05) is 36.8 Å². The van der Waals surface area contributed by atoms with E-state index in [1.165, 1.54) is 19.4 Å². The topological polar surface area (TPSA) is 61.8 Å². The maximum Gasteiger partial charge on any atom is 0.308 e. The minimum Gasteiger partial charge on any atom is -0.483 e. The normalized spacial score (nSPS) is 21.6. The first-order valence-corrected chi connectivity index (χ1v) is 11.0. The van der Waals surface area contributed by atoms with Gasteiger partial charge in [-0.05, 0) is 52.5 Å². The van der Waals surface area contributed by atoms with Crippen molar-refractivity contribution in [2.24, 2.45) is 5.92 Å². The number of esters is 2. The molecule has 0 bridgehead atoms. The van der Waals surface area contributed by atoms with E-state index in [0.717, 1.165) is 49.7 Å². The molecule has 0 saturated carbocycles. The van der Waals surface area contributed by atoms with Crippen LogP contribution in [-0.2, 0) is 16.0 Å². The second-order valence-corrected chi connectivity index (χ2v) is 9.16. The van der Waals surface area contributed by atoms with E-state index >= 15 is 0 Å². The number of allylic oxidation sites excluding steroid dienone is 2. The fraction of sp³-hybridized carbons (Fsp3) is 0.600. The molecule has 0 spiro atoms. The van der Waals surface area contributed by atoms with E-state index in [4.69, 9.17) is 14.2 Å². The van der Waals surface area contributed by atoms with Gasteiger partial charge in [0.15, 0.2) is 11.5 Å². The van der Waals surface area contributed by atoms with E-state index in [1.807, 2.05) is 6.07 Å². The van der Waals surface area contributed by atoms with Gasteiger partial charge in [-0.1, -0.05) is 31.4 Å². The smallest absolute Gasteiger partial charge is 0.308 e. The monoisotopic (exact) mass is 414 g/mol. The van der Waals surface area contributed by atoms with Crippen LogP contribution in [0.5, 0.6) is 17.2 Å². The molecule has 1 aliphatic heterocycles. The molecule has 0 saturated heterocycles. The second-order valence-electron chi connectivity index (χ2n) is 9.16. The number of fused-ring (bicyclic) bond motifs is 3. The third-order valence-corrected chi connectivity index (χ3v) is 6.24. The molecular weight excluding hydrogens is 380 g/mol. The Kier molecular flexibility index (Phi) is 6.59. The van der Waals surface area contributed by atoms with Gasteiger partial charge >= 0.3 is 11.9 Å². The minimum absolute atomic E-state index is 0.141. The summed E-state index contributed by atoms with van der Waals surface area (Å²) in [5.74, 6) is 1.25. The lowest BCUT2D eigenvalue weighted by molar-refractivity contribution is -0.133. The molecule has 3 rings (SSSR count). The molecule has 1 aliphatic carbocycles. The van der Waals surface area contributed by atoms with Gasteiger partial charge in [0.1, 0.15) is 11.4 Å². The SMILES string of the molecule is CCCCCc1cc(OC(C)=O)c2c(c1OC(C)=O)OC(C)(C)[C@@H]1CC=C(C)C[C@@H]21. The standard InChI is InChI=1S/C25H34O5/c1-7-8-9-10-18-14-21(28-16(3)26)22-19-13-15(2)11-12-20(19)25(5,6)30-24(22)23(18)29-17(4)27/h11,14,19-20H,7-10,12-13H2,1-6H3/t19-,20-/m1/s1. The van der Waals surface area contributed by atoms with E-state index in [1.54, 1.807) is 0 Å². The predicted octanol–water partition coefficient (Wildman–Crippen LogP) is 5.88. The van der Waals surface area contributed by atoms with E-state index in [-0.39, 0.29) is 23.8 Å². The Morgan fingerprint density at radius 3 is 2.50 bits per heavy atom. The Hall–Kier alpha value is -2.30. The average Bonchev–Trinajstić information content (AvgIpc) is 2.63. The number of rotatable bonds is 6. The van der Waals surface area contributed by atoms with Gasteiger partial charge in [0.25, 0.3) is 0 Å². The van der Waals surface area contributed by atoms with Gasteiger partial charge in [-0.3, -0.25) is 9.59 Å². The highest BCUT2D eigenvalue weighted by Gasteiger charge is 2.47. The highest BCUT2D eigenvalue weighted by atomic mass is 16.6. The summed E-state index contributed by atoms with van der Waals surface area (Å²) in [5.41, 5.74) is 2.59. The first kappa shape index (κ1) is 22.4. The van der Waals surface area contributed by atoms with Crippen LogP contribution in [0.15, 0.2) is 17.7 Å². The number of carbonyl (C=O) groups is 2. The lowest BCUT2D eigenvalue weighted by Crippen LogP contribution is -2.45. The zero-order chi connectivity index (χ0) is 22.1. The summed E-state index contributed by atoms with van der Waals surface area (Å²) in [7, 11) is 0. The van der Waals surface area contributed by atoms with Crippen molar-refractivity contribution >= 4 is 11.9 Å². The van der Waals surface area contributed by atoms with Crippen molar-refractivity contribution in [3.05, 3.63) is 28.8 Å². The molecule has 164 valence electrons. The van der Waals surface area contributed by atoms with Crippen LogP contribution in [0.2, 0.25) is 0 Å². The molecule has 0 amide bonds. The molecular formula is C25H34O5. The molecule has 0 radical (unpaired) electrons. The first-order valence-electron chi connectivity index (χ1n) is 11.0. The quantitative estimate of drug-likeness (QED) is 0.252. The first-order chi connectivity index (χ1) is 14.1. The van der Waals surface area contributed by atoms with Crippen LogP contribution in [0.25, 0.3) is 0 Å². The Labute approximate surface area is 179 Å². The molecule has 0 fully saturated rings. The number of unbranched alkanes of at least 4 members (excludes halogenated alkanes) is 2. The fourth-order valence-electron chi connectivity index (χ4n) is 4.86. The van der Waals surface area contributed by atoms with Gasteiger partial charge in [0.2, 0.25) is 0 Å². The summed E-state index contributed by atoms with van der Waals surface area (Å²) >= 11 is 0. The molecule has 2 aliphatic rings. The van der Waals surface area contributed by atoms with Gasteiger partial charge in [0.05, 0.1) is 0 Å². The van der Waals surface area contributed by atoms with Crippen LogP contribution >= 0.6 is 0 Å². The minimum atomic E-state index is -0.431. The molecule has 0 aromatic heterocycles. The third-order valence-electron chi connectivity index (χ3n) is 6.24. The highest BCUT2D eigenvalue weighted by Crippen LogP contribution is 2.57. The zero-order valence-corrected chi connectivity index (χ0v) is 19.1. The van der Waals surface area contributed by atoms with E-state index < -0.39 is 5.60 Å².